The zero-order chi connectivity index (χ0) is 30.3. The lowest BCUT2D eigenvalue weighted by Gasteiger charge is -2.38. The van der Waals surface area contributed by atoms with E-state index >= 15 is 0 Å². The number of carbonyl (C=O) groups is 3. The largest absolute Gasteiger partial charge is 0.347 e. The van der Waals surface area contributed by atoms with Gasteiger partial charge in [0.2, 0.25) is 5.91 Å². The second-order valence-corrected chi connectivity index (χ2v) is 11.1. The van der Waals surface area contributed by atoms with Crippen LogP contribution in [-0.2, 0) is 4.79 Å². The summed E-state index contributed by atoms with van der Waals surface area (Å²) in [7, 11) is 0. The highest BCUT2D eigenvalue weighted by atomic mass is 35.5. The third-order valence-corrected chi connectivity index (χ3v) is 7.32. The maximum Gasteiger partial charge on any atom is 0.347 e. The Morgan fingerprint density at radius 2 is 1.69 bits per heavy atom. The summed E-state index contributed by atoms with van der Waals surface area (Å²) in [5.41, 5.74) is 3.14. The minimum atomic E-state index is -1.11. The molecule has 1 atom stereocenters. The van der Waals surface area contributed by atoms with E-state index in [1.807, 2.05) is 30.3 Å². The lowest BCUT2D eigenvalue weighted by Crippen LogP contribution is -2.58. The second-order valence-electron chi connectivity index (χ2n) is 10.3. The molecule has 0 saturated carbocycles. The van der Waals surface area contributed by atoms with Gasteiger partial charge in [-0.3, -0.25) is 14.9 Å². The van der Waals surface area contributed by atoms with Gasteiger partial charge in [-0.15, -0.1) is 0 Å². The molecule has 10 nitrogen and oxygen atoms in total. The first kappa shape index (κ1) is 30.8. The van der Waals surface area contributed by atoms with Gasteiger partial charge in [0.05, 0.1) is 11.8 Å². The van der Waals surface area contributed by atoms with Crippen LogP contribution >= 0.6 is 23.2 Å². The first-order valence-electron chi connectivity index (χ1n) is 13.4. The fraction of sp³-hybridized carbons (Fsp3) is 0.267. The number of nitrogens with zero attached hydrogens (tertiary/aromatic N) is 4. The molecule has 1 aliphatic heterocycles. The molecule has 3 N–H and O–H groups in total. The number of urea groups is 2. The smallest absolute Gasteiger partial charge is 0.315 e. The molecule has 4 rings (SSSR count). The molecule has 1 fully saturated rings. The summed E-state index contributed by atoms with van der Waals surface area (Å²) in [5, 5.41) is 19.1. The molecule has 1 unspecified atom stereocenters. The number of anilines is 2. The molecular formula is C30H32Cl2N6O4. The van der Waals surface area contributed by atoms with E-state index in [1.54, 1.807) is 73.5 Å². The van der Waals surface area contributed by atoms with E-state index in [9.17, 15) is 19.6 Å². The lowest BCUT2D eigenvalue weighted by molar-refractivity contribution is -0.121. The van der Waals surface area contributed by atoms with Crippen LogP contribution in [0.15, 0.2) is 84.0 Å². The SMILES string of the molecule is CC1(C)C(N(O)C(=O)Nc2cccc(Cl)c2)N(c2cccc(Cl)c2)C(=O)N1CCCCC(=O)NN=Cc1ccccc1. The molecule has 220 valence electrons. The standard InChI is InChI=1S/C30H32Cl2N6O4/c1-30(2)27(38(42)28(40)34-24-14-8-12-22(31)18-24)37(25-15-9-13-23(32)19-25)29(41)36(30)17-7-6-16-26(39)35-33-20-21-10-4-3-5-11-21/h3-5,8-15,18-20,27,42H,6-7,16-17H2,1-2H3,(H,34,40)(H,35,39). The summed E-state index contributed by atoms with van der Waals surface area (Å²) in [6.45, 7) is 3.81. The molecule has 1 aliphatic rings. The van der Waals surface area contributed by atoms with Gasteiger partial charge in [-0.25, -0.2) is 15.0 Å². The number of hydroxylamine groups is 2. The van der Waals surface area contributed by atoms with Crippen LogP contribution in [0.5, 0.6) is 0 Å². The van der Waals surface area contributed by atoms with Gasteiger partial charge >= 0.3 is 12.1 Å². The molecule has 42 heavy (non-hydrogen) atoms. The Hall–Kier alpha value is -4.12. The van der Waals surface area contributed by atoms with Crippen molar-refractivity contribution < 1.29 is 19.6 Å². The zero-order valence-electron chi connectivity index (χ0n) is 23.2. The van der Waals surface area contributed by atoms with Gasteiger partial charge in [-0.2, -0.15) is 10.2 Å². The van der Waals surface area contributed by atoms with Crippen LogP contribution in [-0.4, -0.2) is 57.6 Å². The van der Waals surface area contributed by atoms with Crippen molar-refractivity contribution in [1.82, 2.24) is 15.4 Å². The number of hydrogen-bond donors (Lipinski definition) is 3. The third kappa shape index (κ3) is 7.39. The maximum absolute atomic E-state index is 13.8. The average Bonchev–Trinajstić information content (AvgIpc) is 3.15. The van der Waals surface area contributed by atoms with E-state index in [4.69, 9.17) is 23.2 Å². The summed E-state index contributed by atoms with van der Waals surface area (Å²) >= 11 is 12.3. The topological polar surface area (TPSA) is 118 Å². The second kappa shape index (κ2) is 13.7. The van der Waals surface area contributed by atoms with Crippen LogP contribution in [0.1, 0.15) is 38.7 Å². The van der Waals surface area contributed by atoms with Gasteiger partial charge < -0.3 is 10.2 Å². The van der Waals surface area contributed by atoms with E-state index in [2.05, 4.69) is 15.8 Å². The number of nitrogens with one attached hydrogen (secondary N) is 2. The van der Waals surface area contributed by atoms with Crippen molar-refractivity contribution in [3.63, 3.8) is 0 Å². The highest BCUT2D eigenvalue weighted by Gasteiger charge is 2.55. The van der Waals surface area contributed by atoms with Crippen LogP contribution < -0.4 is 15.6 Å². The predicted octanol–water partition coefficient (Wildman–Crippen LogP) is 6.58. The predicted molar refractivity (Wildman–Crippen MR) is 164 cm³/mol. The van der Waals surface area contributed by atoms with Gasteiger partial charge in [0, 0.05) is 34.4 Å². The molecule has 0 radical (unpaired) electrons. The minimum Gasteiger partial charge on any atom is -0.315 e. The minimum absolute atomic E-state index is 0.212. The van der Waals surface area contributed by atoms with Crippen LogP contribution in [0.3, 0.4) is 0 Å². The first-order chi connectivity index (χ1) is 20.1. The first-order valence-corrected chi connectivity index (χ1v) is 14.1. The summed E-state index contributed by atoms with van der Waals surface area (Å²) in [5.74, 6) is -0.244. The Labute approximate surface area is 254 Å². The number of benzene rings is 3. The molecule has 0 spiro atoms. The van der Waals surface area contributed by atoms with Crippen molar-refractivity contribution in [2.75, 3.05) is 16.8 Å². The van der Waals surface area contributed by atoms with Gasteiger partial charge in [-0.05, 0) is 68.7 Å². The maximum atomic E-state index is 13.8. The van der Waals surface area contributed by atoms with Crippen LogP contribution in [0.25, 0.3) is 0 Å². The van der Waals surface area contributed by atoms with Gasteiger partial charge in [-0.1, -0.05) is 65.7 Å². The van der Waals surface area contributed by atoms with Crippen molar-refractivity contribution in [3.05, 3.63) is 94.5 Å². The van der Waals surface area contributed by atoms with Crippen molar-refractivity contribution in [2.45, 2.75) is 44.8 Å². The van der Waals surface area contributed by atoms with E-state index in [0.717, 1.165) is 5.56 Å². The van der Waals surface area contributed by atoms with E-state index < -0.39 is 23.8 Å². The van der Waals surface area contributed by atoms with Crippen LogP contribution in [0.2, 0.25) is 10.0 Å². The molecule has 3 aromatic rings. The Morgan fingerprint density at radius 1 is 1.00 bits per heavy atom. The highest BCUT2D eigenvalue weighted by molar-refractivity contribution is 6.31. The van der Waals surface area contributed by atoms with Crippen molar-refractivity contribution in [1.29, 1.82) is 0 Å². The van der Waals surface area contributed by atoms with Crippen molar-refractivity contribution >= 4 is 58.8 Å². The number of amides is 5. The van der Waals surface area contributed by atoms with Crippen molar-refractivity contribution in [2.24, 2.45) is 5.10 Å². The molecule has 1 saturated heterocycles. The summed E-state index contributed by atoms with van der Waals surface area (Å²) in [6.07, 6.45) is 1.66. The average molecular weight is 612 g/mol. The molecular weight excluding hydrogens is 579 g/mol. The number of unbranched alkanes of at least 4 members (excludes halogenated alkanes) is 1. The van der Waals surface area contributed by atoms with Crippen LogP contribution in [0.4, 0.5) is 21.0 Å². The molecule has 12 heteroatoms. The van der Waals surface area contributed by atoms with Crippen LogP contribution in [0, 0.1) is 0 Å². The number of halogens is 2. The molecule has 0 aromatic heterocycles. The number of hydrogen-bond acceptors (Lipinski definition) is 5. The Bertz CT molecular complexity index is 1450. The molecule has 1 heterocycles. The summed E-state index contributed by atoms with van der Waals surface area (Å²) in [6, 6.07) is 21.3. The van der Waals surface area contributed by atoms with Gasteiger partial charge in [0.1, 0.15) is 0 Å². The highest BCUT2D eigenvalue weighted by Crippen LogP contribution is 2.39. The molecule has 0 bridgehead atoms. The monoisotopic (exact) mass is 610 g/mol. The fourth-order valence-corrected chi connectivity index (χ4v) is 5.17. The third-order valence-electron chi connectivity index (χ3n) is 6.85. The summed E-state index contributed by atoms with van der Waals surface area (Å²) < 4.78 is 0. The van der Waals surface area contributed by atoms with E-state index in [-0.39, 0.29) is 18.9 Å². The quantitative estimate of drug-likeness (QED) is 0.104. The molecule has 0 aliphatic carbocycles. The Balaban J connectivity index is 1.44. The van der Waals surface area contributed by atoms with Gasteiger partial charge in [0.25, 0.3) is 0 Å². The lowest BCUT2D eigenvalue weighted by atomic mass is 9.99. The van der Waals surface area contributed by atoms with E-state index in [0.29, 0.717) is 39.3 Å². The zero-order valence-corrected chi connectivity index (χ0v) is 24.7. The number of hydrazone groups is 1. The van der Waals surface area contributed by atoms with Crippen molar-refractivity contribution in [3.8, 4) is 0 Å². The Morgan fingerprint density at radius 3 is 2.38 bits per heavy atom. The fourth-order valence-electron chi connectivity index (χ4n) is 4.79. The molecule has 3 aromatic carbocycles. The van der Waals surface area contributed by atoms with Gasteiger partial charge in [0.15, 0.2) is 6.17 Å². The Kier molecular flexibility index (Phi) is 10.1. The van der Waals surface area contributed by atoms with E-state index in [1.165, 1.54) is 4.90 Å². The summed E-state index contributed by atoms with van der Waals surface area (Å²) in [4.78, 5) is 42.1. The normalized spacial score (nSPS) is 16.1. The molecule has 5 amide bonds. The number of carbonyl (C=O) groups excluding carboxylic acids is 3. The number of rotatable bonds is 10.